The Morgan fingerprint density at radius 1 is 1.23 bits per heavy atom. The largest absolute Gasteiger partial charge is 0.481 e. The maximum atomic E-state index is 12.7. The Hall–Kier alpha value is -1.96. The molecule has 1 aromatic rings. The van der Waals surface area contributed by atoms with Crippen LogP contribution in [0, 0.1) is 24.2 Å². The fourth-order valence-electron chi connectivity index (χ4n) is 5.02. The first-order chi connectivity index (χ1) is 12.5. The molecular formula is C18H27N5O3. The summed E-state index contributed by atoms with van der Waals surface area (Å²) < 4.78 is 1.98. The highest BCUT2D eigenvalue weighted by atomic mass is 16.4. The smallest absolute Gasteiger partial charge is 0.313 e. The van der Waals surface area contributed by atoms with Crippen LogP contribution < -0.4 is 0 Å². The number of nitrogens with zero attached hydrogens (tertiary/aromatic N) is 5. The van der Waals surface area contributed by atoms with E-state index in [0.29, 0.717) is 19.6 Å². The summed E-state index contributed by atoms with van der Waals surface area (Å²) in [6.45, 7) is 5.66. The number of hydrogen-bond acceptors (Lipinski definition) is 5. The molecule has 1 N–H and O–H groups in total. The second kappa shape index (κ2) is 6.64. The first-order valence-electron chi connectivity index (χ1n) is 9.58. The molecule has 0 spiro atoms. The molecule has 2 saturated heterocycles. The van der Waals surface area contributed by atoms with Gasteiger partial charge in [0, 0.05) is 51.1 Å². The number of carboxylic acid groups (broad SMARTS) is 1. The van der Waals surface area contributed by atoms with E-state index in [4.69, 9.17) is 0 Å². The van der Waals surface area contributed by atoms with Gasteiger partial charge in [0.05, 0.1) is 0 Å². The van der Waals surface area contributed by atoms with Crippen molar-refractivity contribution >= 4 is 11.9 Å². The van der Waals surface area contributed by atoms with Crippen molar-refractivity contribution < 1.29 is 14.7 Å². The van der Waals surface area contributed by atoms with Gasteiger partial charge in [0.15, 0.2) is 0 Å². The molecule has 0 radical (unpaired) electrons. The van der Waals surface area contributed by atoms with Gasteiger partial charge in [-0.1, -0.05) is 12.8 Å². The van der Waals surface area contributed by atoms with Crippen molar-refractivity contribution in [3.05, 3.63) is 12.2 Å². The monoisotopic (exact) mass is 361 g/mol. The van der Waals surface area contributed by atoms with Gasteiger partial charge in [0.25, 0.3) is 0 Å². The second-order valence-electron chi connectivity index (χ2n) is 8.17. The highest BCUT2D eigenvalue weighted by Crippen LogP contribution is 2.44. The molecule has 1 amide bonds. The molecule has 3 heterocycles. The van der Waals surface area contributed by atoms with Crippen molar-refractivity contribution in [3.8, 4) is 0 Å². The third-order valence-corrected chi connectivity index (χ3v) is 6.59. The average molecular weight is 361 g/mol. The molecule has 3 fully saturated rings. The Labute approximate surface area is 153 Å². The Morgan fingerprint density at radius 3 is 2.62 bits per heavy atom. The van der Waals surface area contributed by atoms with Gasteiger partial charge >= 0.3 is 5.97 Å². The van der Waals surface area contributed by atoms with Crippen molar-refractivity contribution in [1.82, 2.24) is 24.6 Å². The summed E-state index contributed by atoms with van der Waals surface area (Å²) in [4.78, 5) is 28.9. The molecule has 8 nitrogen and oxygen atoms in total. The normalized spacial score (nSPS) is 29.4. The van der Waals surface area contributed by atoms with Gasteiger partial charge in [-0.25, -0.2) is 0 Å². The number of carboxylic acids is 1. The van der Waals surface area contributed by atoms with E-state index in [-0.39, 0.29) is 17.7 Å². The summed E-state index contributed by atoms with van der Waals surface area (Å²) in [6, 6.07) is 0. The summed E-state index contributed by atoms with van der Waals surface area (Å²) in [7, 11) is 0. The molecule has 1 saturated carbocycles. The maximum Gasteiger partial charge on any atom is 0.313 e. The van der Waals surface area contributed by atoms with Crippen LogP contribution in [0.25, 0.3) is 0 Å². The Morgan fingerprint density at radius 2 is 2.00 bits per heavy atom. The summed E-state index contributed by atoms with van der Waals surface area (Å²) in [5, 5.41) is 17.8. The Kier molecular flexibility index (Phi) is 4.46. The van der Waals surface area contributed by atoms with E-state index in [9.17, 15) is 14.7 Å². The van der Waals surface area contributed by atoms with Gasteiger partial charge in [0.2, 0.25) is 5.91 Å². The fraction of sp³-hybridized carbons (Fsp3) is 0.778. The molecule has 0 aromatic carbocycles. The predicted octanol–water partition coefficient (Wildman–Crippen LogP) is 0.622. The summed E-state index contributed by atoms with van der Waals surface area (Å²) in [6.07, 6.45) is 5.87. The Bertz CT molecular complexity index is 699. The third-order valence-electron chi connectivity index (χ3n) is 6.59. The summed E-state index contributed by atoms with van der Waals surface area (Å²) >= 11 is 0. The van der Waals surface area contributed by atoms with Crippen LogP contribution >= 0.6 is 0 Å². The van der Waals surface area contributed by atoms with Gasteiger partial charge < -0.3 is 14.6 Å². The predicted molar refractivity (Wildman–Crippen MR) is 93.3 cm³/mol. The Balaban J connectivity index is 1.41. The number of aromatic nitrogens is 3. The molecule has 0 unspecified atom stereocenters. The number of amides is 1. The SMILES string of the molecule is Cc1nncn1CCN1C[C@H]2CN(C(=O)C3CCCC3)C[C@@]2(C(=O)O)C1. The van der Waals surface area contributed by atoms with Gasteiger partial charge in [-0.2, -0.15) is 0 Å². The van der Waals surface area contributed by atoms with E-state index in [0.717, 1.165) is 51.1 Å². The van der Waals surface area contributed by atoms with E-state index in [1.807, 2.05) is 16.4 Å². The lowest BCUT2D eigenvalue weighted by Crippen LogP contribution is -2.43. The highest BCUT2D eigenvalue weighted by molar-refractivity contribution is 5.83. The molecular weight excluding hydrogens is 334 g/mol. The third kappa shape index (κ3) is 2.90. The van der Waals surface area contributed by atoms with E-state index in [1.54, 1.807) is 6.33 Å². The minimum Gasteiger partial charge on any atom is -0.481 e. The number of aliphatic carboxylic acids is 1. The average Bonchev–Trinajstić information content (AvgIpc) is 3.36. The molecule has 142 valence electrons. The lowest BCUT2D eigenvalue weighted by atomic mass is 9.81. The summed E-state index contributed by atoms with van der Waals surface area (Å²) in [5.41, 5.74) is -0.809. The zero-order valence-electron chi connectivity index (χ0n) is 15.3. The van der Waals surface area contributed by atoms with Crippen LogP contribution in [0.2, 0.25) is 0 Å². The second-order valence-corrected chi connectivity index (χ2v) is 8.17. The molecule has 1 aliphatic carbocycles. The molecule has 2 atom stereocenters. The number of carbonyl (C=O) groups excluding carboxylic acids is 1. The van der Waals surface area contributed by atoms with Crippen molar-refractivity contribution in [2.24, 2.45) is 17.3 Å². The van der Waals surface area contributed by atoms with Gasteiger partial charge in [-0.05, 0) is 19.8 Å². The summed E-state index contributed by atoms with van der Waals surface area (Å²) in [5.74, 6) is 0.432. The molecule has 4 rings (SSSR count). The van der Waals surface area contributed by atoms with Crippen molar-refractivity contribution in [2.45, 2.75) is 39.2 Å². The van der Waals surface area contributed by atoms with Crippen LogP contribution in [0.5, 0.6) is 0 Å². The molecule has 2 aliphatic heterocycles. The molecule has 8 heteroatoms. The quantitative estimate of drug-likeness (QED) is 0.827. The lowest BCUT2D eigenvalue weighted by Gasteiger charge is -2.27. The lowest BCUT2D eigenvalue weighted by molar-refractivity contribution is -0.149. The van der Waals surface area contributed by atoms with E-state index >= 15 is 0 Å². The number of rotatable bonds is 5. The minimum atomic E-state index is -0.809. The van der Waals surface area contributed by atoms with Gasteiger partial charge in [0.1, 0.15) is 17.6 Å². The highest BCUT2D eigenvalue weighted by Gasteiger charge is 2.58. The van der Waals surface area contributed by atoms with E-state index in [2.05, 4.69) is 15.1 Å². The zero-order chi connectivity index (χ0) is 18.3. The van der Waals surface area contributed by atoms with Crippen molar-refractivity contribution in [2.75, 3.05) is 32.7 Å². The van der Waals surface area contributed by atoms with E-state index in [1.165, 1.54) is 0 Å². The van der Waals surface area contributed by atoms with Crippen LogP contribution in [0.4, 0.5) is 0 Å². The minimum absolute atomic E-state index is 0.0207. The standard InChI is InChI=1S/C18H27N5O3/c1-13-20-19-12-22(13)7-6-21-8-15-9-23(11-18(15,10-21)17(25)26)16(24)14-4-2-3-5-14/h12,14-15H,2-11H2,1H3,(H,25,26)/t15-,18-/m0/s1. The molecule has 26 heavy (non-hydrogen) atoms. The van der Waals surface area contributed by atoms with Crippen LogP contribution in [0.3, 0.4) is 0 Å². The molecule has 3 aliphatic rings. The number of hydrogen-bond donors (Lipinski definition) is 1. The zero-order valence-corrected chi connectivity index (χ0v) is 15.3. The van der Waals surface area contributed by atoms with Crippen LogP contribution in [0.1, 0.15) is 31.5 Å². The van der Waals surface area contributed by atoms with Crippen LogP contribution in [0.15, 0.2) is 6.33 Å². The van der Waals surface area contributed by atoms with Gasteiger partial charge in [-0.15, -0.1) is 10.2 Å². The van der Waals surface area contributed by atoms with Crippen LogP contribution in [-0.4, -0.2) is 74.3 Å². The number of carbonyl (C=O) groups is 2. The van der Waals surface area contributed by atoms with Gasteiger partial charge in [-0.3, -0.25) is 14.5 Å². The fourth-order valence-corrected chi connectivity index (χ4v) is 5.02. The van der Waals surface area contributed by atoms with Crippen molar-refractivity contribution in [3.63, 3.8) is 0 Å². The number of fused-ring (bicyclic) bond motifs is 1. The van der Waals surface area contributed by atoms with Crippen LogP contribution in [-0.2, 0) is 16.1 Å². The molecule has 0 bridgehead atoms. The first-order valence-corrected chi connectivity index (χ1v) is 9.58. The van der Waals surface area contributed by atoms with Crippen molar-refractivity contribution in [1.29, 1.82) is 0 Å². The number of aryl methyl sites for hydroxylation is 1. The number of likely N-dealkylation sites (tertiary alicyclic amines) is 2. The topological polar surface area (TPSA) is 91.6 Å². The molecule has 1 aromatic heterocycles. The maximum absolute atomic E-state index is 12.7. The first kappa shape index (κ1) is 17.5. The van der Waals surface area contributed by atoms with E-state index < -0.39 is 11.4 Å².